The maximum Gasteiger partial charge on any atom is 0.125 e. The smallest absolute Gasteiger partial charge is 0.125 e. The molecule has 2 nitrogen and oxygen atoms in total. The highest BCUT2D eigenvalue weighted by atomic mass is 79.9. The lowest BCUT2D eigenvalue weighted by Crippen LogP contribution is -2.00. The summed E-state index contributed by atoms with van der Waals surface area (Å²) in [6.07, 6.45) is -0.549. The Bertz CT molecular complexity index is 538. The molecule has 18 heavy (non-hydrogen) atoms. The molecule has 1 N–H and O–H groups in total. The van der Waals surface area contributed by atoms with Crippen LogP contribution in [0.2, 0.25) is 0 Å². The van der Waals surface area contributed by atoms with Crippen molar-refractivity contribution in [1.29, 1.82) is 0 Å². The fourth-order valence-corrected chi connectivity index (χ4v) is 3.33. The predicted octanol–water partition coefficient (Wildman–Crippen LogP) is 4.91. The normalized spacial score (nSPS) is 12.4. The van der Waals surface area contributed by atoms with E-state index in [0.29, 0.717) is 6.61 Å². The van der Waals surface area contributed by atoms with Gasteiger partial charge in [-0.25, -0.2) is 0 Å². The highest BCUT2D eigenvalue weighted by Gasteiger charge is 2.10. The average molecular weight is 392 g/mol. The third kappa shape index (κ3) is 3.57. The van der Waals surface area contributed by atoms with Crippen molar-refractivity contribution in [1.82, 2.24) is 0 Å². The molecule has 0 fully saturated rings. The van der Waals surface area contributed by atoms with Crippen LogP contribution in [0.15, 0.2) is 38.6 Å². The van der Waals surface area contributed by atoms with Gasteiger partial charge in [0.25, 0.3) is 0 Å². The van der Waals surface area contributed by atoms with Crippen LogP contribution in [0.1, 0.15) is 23.5 Å². The Balaban J connectivity index is 2.13. The van der Waals surface area contributed by atoms with E-state index in [2.05, 4.69) is 31.9 Å². The highest BCUT2D eigenvalue weighted by Crippen LogP contribution is 2.30. The summed E-state index contributed by atoms with van der Waals surface area (Å²) in [5, 5.41) is 9.72. The van der Waals surface area contributed by atoms with Gasteiger partial charge in [-0.3, -0.25) is 0 Å². The number of hydrogen-bond donors (Lipinski definition) is 1. The third-order valence-corrected chi connectivity index (χ3v) is 4.51. The van der Waals surface area contributed by atoms with Crippen molar-refractivity contribution in [3.05, 3.63) is 49.0 Å². The minimum absolute atomic E-state index is 0.512. The van der Waals surface area contributed by atoms with Crippen LogP contribution in [-0.2, 0) is 6.61 Å². The summed E-state index contributed by atoms with van der Waals surface area (Å²) < 4.78 is 7.79. The van der Waals surface area contributed by atoms with Crippen molar-refractivity contribution in [3.8, 4) is 5.75 Å². The molecule has 1 aromatic heterocycles. The maximum absolute atomic E-state index is 9.72. The Hall–Kier alpha value is -0.360. The summed E-state index contributed by atoms with van der Waals surface area (Å²) in [6.45, 7) is 2.24. The first-order valence-electron chi connectivity index (χ1n) is 5.41. The van der Waals surface area contributed by atoms with Crippen molar-refractivity contribution in [2.24, 2.45) is 0 Å². The molecule has 5 heteroatoms. The van der Waals surface area contributed by atoms with Gasteiger partial charge in [0.2, 0.25) is 0 Å². The first-order valence-corrected chi connectivity index (χ1v) is 7.81. The molecule has 0 spiro atoms. The number of aliphatic hydroxyl groups is 1. The van der Waals surface area contributed by atoms with Crippen molar-refractivity contribution < 1.29 is 9.84 Å². The summed E-state index contributed by atoms with van der Waals surface area (Å²) >= 11 is 8.46. The SMILES string of the molecule is C[C@H](O)c1cc(Br)ccc1OCc1ccc(Br)s1. The van der Waals surface area contributed by atoms with Crippen LogP contribution in [0, 0.1) is 0 Å². The zero-order valence-corrected chi connectivity index (χ0v) is 13.7. The molecule has 0 amide bonds. The van der Waals surface area contributed by atoms with Crippen LogP contribution in [0.4, 0.5) is 0 Å². The van der Waals surface area contributed by atoms with E-state index in [9.17, 15) is 5.11 Å². The molecule has 1 aromatic carbocycles. The van der Waals surface area contributed by atoms with Gasteiger partial charge in [0.15, 0.2) is 0 Å². The van der Waals surface area contributed by atoms with E-state index in [0.717, 1.165) is 24.4 Å². The molecule has 0 radical (unpaired) electrons. The van der Waals surface area contributed by atoms with Crippen LogP contribution >= 0.6 is 43.2 Å². The minimum Gasteiger partial charge on any atom is -0.488 e. The number of halogens is 2. The Kier molecular flexibility index (Phi) is 4.84. The number of thiophene rings is 1. The van der Waals surface area contributed by atoms with Gasteiger partial charge in [-0.15, -0.1) is 11.3 Å². The molecule has 2 aromatic rings. The van der Waals surface area contributed by atoms with Crippen LogP contribution in [0.5, 0.6) is 5.75 Å². The van der Waals surface area contributed by atoms with E-state index >= 15 is 0 Å². The second kappa shape index (κ2) is 6.19. The zero-order valence-electron chi connectivity index (χ0n) is 9.69. The Labute approximate surface area is 127 Å². The van der Waals surface area contributed by atoms with E-state index in [1.54, 1.807) is 18.3 Å². The lowest BCUT2D eigenvalue weighted by Gasteiger charge is -2.13. The zero-order chi connectivity index (χ0) is 13.1. The van der Waals surface area contributed by atoms with E-state index in [4.69, 9.17) is 4.74 Å². The minimum atomic E-state index is -0.549. The molecule has 0 aliphatic carbocycles. The second-order valence-electron chi connectivity index (χ2n) is 3.85. The van der Waals surface area contributed by atoms with Crippen molar-refractivity contribution >= 4 is 43.2 Å². The van der Waals surface area contributed by atoms with Gasteiger partial charge in [0.1, 0.15) is 12.4 Å². The van der Waals surface area contributed by atoms with Crippen LogP contribution < -0.4 is 4.74 Å². The maximum atomic E-state index is 9.72. The van der Waals surface area contributed by atoms with Crippen LogP contribution in [-0.4, -0.2) is 5.11 Å². The van der Waals surface area contributed by atoms with Gasteiger partial charge in [0.05, 0.1) is 9.89 Å². The van der Waals surface area contributed by atoms with E-state index in [1.807, 2.05) is 30.3 Å². The fourth-order valence-electron chi connectivity index (χ4n) is 1.56. The fraction of sp³-hybridized carbons (Fsp3) is 0.231. The van der Waals surface area contributed by atoms with Gasteiger partial charge in [-0.1, -0.05) is 15.9 Å². The quantitative estimate of drug-likeness (QED) is 0.802. The summed E-state index contributed by atoms with van der Waals surface area (Å²) in [4.78, 5) is 1.14. The van der Waals surface area contributed by atoms with Gasteiger partial charge >= 0.3 is 0 Å². The summed E-state index contributed by atoms with van der Waals surface area (Å²) in [6, 6.07) is 9.68. The highest BCUT2D eigenvalue weighted by molar-refractivity contribution is 9.11. The molecule has 0 saturated heterocycles. The lowest BCUT2D eigenvalue weighted by atomic mass is 10.1. The first-order chi connectivity index (χ1) is 8.56. The molecule has 0 aliphatic heterocycles. The summed E-state index contributed by atoms with van der Waals surface area (Å²) in [5.74, 6) is 0.720. The molecule has 0 saturated carbocycles. The van der Waals surface area contributed by atoms with Gasteiger partial charge in [-0.2, -0.15) is 0 Å². The van der Waals surface area contributed by atoms with Crippen LogP contribution in [0.3, 0.4) is 0 Å². The molecular weight excluding hydrogens is 380 g/mol. The van der Waals surface area contributed by atoms with Crippen molar-refractivity contribution in [2.75, 3.05) is 0 Å². The van der Waals surface area contributed by atoms with Gasteiger partial charge in [0, 0.05) is 14.9 Å². The predicted molar refractivity (Wildman–Crippen MR) is 81.1 cm³/mol. The number of benzene rings is 1. The number of hydrogen-bond acceptors (Lipinski definition) is 3. The molecule has 0 unspecified atom stereocenters. The average Bonchev–Trinajstić information content (AvgIpc) is 2.73. The molecule has 96 valence electrons. The molecule has 0 bridgehead atoms. The molecular formula is C13H12Br2O2S. The molecule has 1 atom stereocenters. The Morgan fingerprint density at radius 2 is 2.06 bits per heavy atom. The first kappa shape index (κ1) is 14.1. The molecule has 1 heterocycles. The monoisotopic (exact) mass is 390 g/mol. The second-order valence-corrected chi connectivity index (χ2v) is 7.32. The number of aliphatic hydroxyl groups excluding tert-OH is 1. The van der Waals surface area contributed by atoms with Gasteiger partial charge < -0.3 is 9.84 Å². The lowest BCUT2D eigenvalue weighted by molar-refractivity contribution is 0.190. The topological polar surface area (TPSA) is 29.5 Å². The largest absolute Gasteiger partial charge is 0.488 e. The molecule has 2 rings (SSSR count). The number of rotatable bonds is 4. The van der Waals surface area contributed by atoms with Crippen LogP contribution in [0.25, 0.3) is 0 Å². The van der Waals surface area contributed by atoms with Crippen molar-refractivity contribution in [3.63, 3.8) is 0 Å². The van der Waals surface area contributed by atoms with E-state index in [-0.39, 0.29) is 0 Å². The summed E-state index contributed by atoms with van der Waals surface area (Å²) in [5.41, 5.74) is 0.792. The van der Waals surface area contributed by atoms with Gasteiger partial charge in [-0.05, 0) is 53.2 Å². The summed E-state index contributed by atoms with van der Waals surface area (Å²) in [7, 11) is 0. The van der Waals surface area contributed by atoms with Crippen molar-refractivity contribution in [2.45, 2.75) is 19.6 Å². The van der Waals surface area contributed by atoms with E-state index < -0.39 is 6.10 Å². The number of ether oxygens (including phenoxy) is 1. The Morgan fingerprint density at radius 1 is 1.28 bits per heavy atom. The van der Waals surface area contributed by atoms with E-state index in [1.165, 1.54) is 0 Å². The Morgan fingerprint density at radius 3 is 2.67 bits per heavy atom. The standard InChI is InChI=1S/C13H12Br2O2S/c1-8(16)11-6-9(14)2-4-12(11)17-7-10-3-5-13(15)18-10/h2-6,8,16H,7H2,1H3/t8-/m0/s1. The molecule has 0 aliphatic rings. The third-order valence-electron chi connectivity index (χ3n) is 2.42.